The molecule has 2 rings (SSSR count). The van der Waals surface area contributed by atoms with Crippen LogP contribution in [0.4, 0.5) is 5.69 Å². The van der Waals surface area contributed by atoms with E-state index in [1.165, 1.54) is 11.8 Å². The van der Waals surface area contributed by atoms with Crippen LogP contribution in [0.2, 0.25) is 0 Å². The average Bonchev–Trinajstić information content (AvgIpc) is 2.51. The minimum Gasteiger partial charge on any atom is -0.329 e. The van der Waals surface area contributed by atoms with Crippen LogP contribution in [-0.2, 0) is 16.1 Å². The summed E-state index contributed by atoms with van der Waals surface area (Å²) in [5.74, 6) is -0.346. The molecule has 1 N–H and O–H groups in total. The third kappa shape index (κ3) is 4.92. The number of nitrogens with zero attached hydrogens (tertiary/aromatic N) is 2. The normalized spacial score (nSPS) is 10.2. The van der Waals surface area contributed by atoms with Gasteiger partial charge in [-0.15, -0.1) is 0 Å². The molecule has 5 nitrogen and oxygen atoms in total. The number of amides is 2. The molecule has 0 atom stereocenters. The average molecular weight is 311 g/mol. The molecule has 0 aliphatic rings. The molecule has 0 aliphatic carbocycles. The zero-order valence-electron chi connectivity index (χ0n) is 13.7. The first-order chi connectivity index (χ1) is 11.0. The molecule has 0 radical (unpaired) electrons. The predicted molar refractivity (Wildman–Crippen MR) is 89.9 cm³/mol. The van der Waals surface area contributed by atoms with Gasteiger partial charge >= 0.3 is 0 Å². The molecule has 1 aromatic carbocycles. The number of pyridine rings is 1. The van der Waals surface area contributed by atoms with E-state index in [0.29, 0.717) is 6.54 Å². The number of nitrogens with one attached hydrogen (secondary N) is 1. The van der Waals surface area contributed by atoms with Crippen molar-refractivity contribution in [2.75, 3.05) is 11.9 Å². The summed E-state index contributed by atoms with van der Waals surface area (Å²) in [6.45, 7) is 5.78. The summed E-state index contributed by atoms with van der Waals surface area (Å²) in [6, 6.07) is 9.55. The number of hydrogen-bond acceptors (Lipinski definition) is 3. The van der Waals surface area contributed by atoms with Crippen LogP contribution in [0.3, 0.4) is 0 Å². The quantitative estimate of drug-likeness (QED) is 0.923. The summed E-state index contributed by atoms with van der Waals surface area (Å²) < 4.78 is 0. The first-order valence-corrected chi connectivity index (χ1v) is 7.47. The summed E-state index contributed by atoms with van der Waals surface area (Å²) >= 11 is 0. The molecule has 0 bridgehead atoms. The van der Waals surface area contributed by atoms with Crippen LogP contribution < -0.4 is 5.32 Å². The molecule has 0 spiro atoms. The highest BCUT2D eigenvalue weighted by atomic mass is 16.2. The van der Waals surface area contributed by atoms with Gasteiger partial charge in [-0.2, -0.15) is 0 Å². The number of rotatable bonds is 5. The highest BCUT2D eigenvalue weighted by Gasteiger charge is 2.15. The van der Waals surface area contributed by atoms with Crippen LogP contribution in [0.1, 0.15) is 23.6 Å². The molecule has 0 aliphatic heterocycles. The standard InChI is InChI=1S/C18H21N3O2/c1-13-4-5-14(2)17(10-13)20-18(23)12-21(15(3)22)11-16-6-8-19-9-7-16/h4-10H,11-12H2,1-3H3,(H,20,23). The van der Waals surface area contributed by atoms with E-state index in [9.17, 15) is 9.59 Å². The second-order valence-corrected chi connectivity index (χ2v) is 5.60. The second kappa shape index (κ2) is 7.54. The summed E-state index contributed by atoms with van der Waals surface area (Å²) in [5.41, 5.74) is 3.79. The van der Waals surface area contributed by atoms with Crippen molar-refractivity contribution in [1.29, 1.82) is 0 Å². The fraction of sp³-hybridized carbons (Fsp3) is 0.278. The summed E-state index contributed by atoms with van der Waals surface area (Å²) in [4.78, 5) is 29.5. The van der Waals surface area contributed by atoms with Crippen LogP contribution in [0.5, 0.6) is 0 Å². The Morgan fingerprint density at radius 3 is 2.48 bits per heavy atom. The molecule has 23 heavy (non-hydrogen) atoms. The molecule has 0 unspecified atom stereocenters. The van der Waals surface area contributed by atoms with Crippen molar-refractivity contribution < 1.29 is 9.59 Å². The van der Waals surface area contributed by atoms with Gasteiger partial charge in [-0.3, -0.25) is 14.6 Å². The topological polar surface area (TPSA) is 62.3 Å². The van der Waals surface area contributed by atoms with Gasteiger partial charge in [-0.05, 0) is 48.7 Å². The minimum atomic E-state index is -0.206. The van der Waals surface area contributed by atoms with E-state index in [4.69, 9.17) is 0 Å². The Bertz CT molecular complexity index is 699. The second-order valence-electron chi connectivity index (χ2n) is 5.60. The fourth-order valence-corrected chi connectivity index (χ4v) is 2.22. The van der Waals surface area contributed by atoms with E-state index in [-0.39, 0.29) is 18.4 Å². The van der Waals surface area contributed by atoms with E-state index >= 15 is 0 Å². The van der Waals surface area contributed by atoms with Crippen LogP contribution >= 0.6 is 0 Å². The predicted octanol–water partition coefficient (Wildman–Crippen LogP) is 2.69. The van der Waals surface area contributed by atoms with E-state index in [0.717, 1.165) is 22.4 Å². The number of aromatic nitrogens is 1. The number of hydrogen-bond donors (Lipinski definition) is 1. The van der Waals surface area contributed by atoms with E-state index in [2.05, 4.69) is 10.3 Å². The van der Waals surface area contributed by atoms with Gasteiger partial charge < -0.3 is 10.2 Å². The maximum atomic E-state index is 12.3. The van der Waals surface area contributed by atoms with Gasteiger partial charge in [0.25, 0.3) is 0 Å². The number of carbonyl (C=O) groups is 2. The molecule has 1 heterocycles. The first kappa shape index (κ1) is 16.7. The minimum absolute atomic E-state index is 0.0189. The molecule has 0 fully saturated rings. The first-order valence-electron chi connectivity index (χ1n) is 7.47. The van der Waals surface area contributed by atoms with Crippen LogP contribution in [0.15, 0.2) is 42.7 Å². The molecular weight excluding hydrogens is 290 g/mol. The van der Waals surface area contributed by atoms with Crippen molar-refractivity contribution in [2.45, 2.75) is 27.3 Å². The maximum Gasteiger partial charge on any atom is 0.244 e. The van der Waals surface area contributed by atoms with Gasteiger partial charge in [0, 0.05) is 31.5 Å². The highest BCUT2D eigenvalue weighted by molar-refractivity contribution is 5.94. The van der Waals surface area contributed by atoms with Gasteiger partial charge in [0.1, 0.15) is 6.54 Å². The van der Waals surface area contributed by atoms with Crippen molar-refractivity contribution >= 4 is 17.5 Å². The highest BCUT2D eigenvalue weighted by Crippen LogP contribution is 2.16. The lowest BCUT2D eigenvalue weighted by molar-refractivity contribution is -0.133. The zero-order valence-corrected chi connectivity index (χ0v) is 13.7. The van der Waals surface area contributed by atoms with Crippen LogP contribution in [0, 0.1) is 13.8 Å². The van der Waals surface area contributed by atoms with Crippen molar-refractivity contribution in [3.05, 3.63) is 59.4 Å². The lowest BCUT2D eigenvalue weighted by Crippen LogP contribution is -2.36. The Morgan fingerprint density at radius 2 is 1.83 bits per heavy atom. The third-order valence-corrected chi connectivity index (χ3v) is 3.57. The van der Waals surface area contributed by atoms with Gasteiger partial charge in [0.15, 0.2) is 0 Å². The summed E-state index contributed by atoms with van der Waals surface area (Å²) in [6.07, 6.45) is 3.34. The summed E-state index contributed by atoms with van der Waals surface area (Å²) in [5, 5.41) is 2.88. The van der Waals surface area contributed by atoms with E-state index in [1.807, 2.05) is 44.2 Å². The van der Waals surface area contributed by atoms with Crippen molar-refractivity contribution in [2.24, 2.45) is 0 Å². The van der Waals surface area contributed by atoms with Gasteiger partial charge in [-0.1, -0.05) is 12.1 Å². The van der Waals surface area contributed by atoms with E-state index < -0.39 is 0 Å². The Labute approximate surface area is 136 Å². The SMILES string of the molecule is CC(=O)N(CC(=O)Nc1cc(C)ccc1C)Cc1ccncc1. The third-order valence-electron chi connectivity index (χ3n) is 3.57. The van der Waals surface area contributed by atoms with Crippen LogP contribution in [0.25, 0.3) is 0 Å². The van der Waals surface area contributed by atoms with Crippen molar-refractivity contribution in [3.63, 3.8) is 0 Å². The van der Waals surface area contributed by atoms with Crippen LogP contribution in [-0.4, -0.2) is 28.2 Å². The van der Waals surface area contributed by atoms with Gasteiger partial charge in [0.05, 0.1) is 0 Å². The fourth-order valence-electron chi connectivity index (χ4n) is 2.22. The molecule has 120 valence electrons. The molecule has 0 saturated carbocycles. The maximum absolute atomic E-state index is 12.3. The van der Waals surface area contributed by atoms with Crippen molar-refractivity contribution in [1.82, 2.24) is 9.88 Å². The van der Waals surface area contributed by atoms with Gasteiger partial charge in [0.2, 0.25) is 11.8 Å². The Morgan fingerprint density at radius 1 is 1.13 bits per heavy atom. The number of anilines is 1. The Balaban J connectivity index is 2.03. The lowest BCUT2D eigenvalue weighted by atomic mass is 10.1. The molecule has 2 aromatic rings. The monoisotopic (exact) mass is 311 g/mol. The lowest BCUT2D eigenvalue weighted by Gasteiger charge is -2.21. The van der Waals surface area contributed by atoms with Gasteiger partial charge in [-0.25, -0.2) is 0 Å². The zero-order chi connectivity index (χ0) is 16.8. The Kier molecular flexibility index (Phi) is 5.46. The van der Waals surface area contributed by atoms with E-state index in [1.54, 1.807) is 12.4 Å². The number of benzene rings is 1. The molecule has 5 heteroatoms. The molecule has 2 amide bonds. The molecule has 1 aromatic heterocycles. The Hall–Kier alpha value is -2.69. The molecular formula is C18H21N3O2. The smallest absolute Gasteiger partial charge is 0.244 e. The summed E-state index contributed by atoms with van der Waals surface area (Å²) in [7, 11) is 0. The van der Waals surface area contributed by atoms with Crippen molar-refractivity contribution in [3.8, 4) is 0 Å². The largest absolute Gasteiger partial charge is 0.329 e. The molecule has 0 saturated heterocycles. The number of carbonyl (C=O) groups excluding carboxylic acids is 2. The number of aryl methyl sites for hydroxylation is 2.